The first-order chi connectivity index (χ1) is 11.6. The second-order valence-electron chi connectivity index (χ2n) is 6.08. The van der Waals surface area contributed by atoms with Gasteiger partial charge in [-0.25, -0.2) is 4.98 Å². The van der Waals surface area contributed by atoms with E-state index >= 15 is 0 Å². The summed E-state index contributed by atoms with van der Waals surface area (Å²) in [5.74, 6) is 1.14. The van der Waals surface area contributed by atoms with E-state index in [1.165, 1.54) is 0 Å². The lowest BCUT2D eigenvalue weighted by Gasteiger charge is -2.33. The monoisotopic (exact) mass is 344 g/mol. The Labute approximate surface area is 145 Å². The minimum atomic E-state index is -0.233. The van der Waals surface area contributed by atoms with Crippen LogP contribution in [0.2, 0.25) is 5.02 Å². The maximum absolute atomic E-state index is 13.0. The molecule has 2 aliphatic rings. The van der Waals surface area contributed by atoms with E-state index in [9.17, 15) is 4.79 Å². The quantitative estimate of drug-likeness (QED) is 0.798. The van der Waals surface area contributed by atoms with Gasteiger partial charge in [0.2, 0.25) is 11.8 Å². The van der Waals surface area contributed by atoms with E-state index < -0.39 is 0 Å². The first kappa shape index (κ1) is 15.3. The highest BCUT2D eigenvalue weighted by Gasteiger charge is 2.33. The van der Waals surface area contributed by atoms with Gasteiger partial charge in [-0.1, -0.05) is 11.6 Å². The maximum Gasteiger partial charge on any atom is 0.238 e. The SMILES string of the molecule is Cc1ccc2c(n1)OCCN2C(=O)C1COc2ccc(Cl)cc2C1. The standard InChI is InChI=1S/C18H17ClN2O3/c1-11-2-4-15-17(20-11)23-7-6-21(15)18(22)13-8-12-9-14(19)3-5-16(12)24-10-13/h2-5,9,13H,6-8,10H2,1H3. The number of halogens is 1. The number of benzene rings is 1. The number of amides is 1. The molecule has 0 saturated heterocycles. The minimum Gasteiger partial charge on any atom is -0.492 e. The molecule has 0 bridgehead atoms. The number of nitrogens with zero attached hydrogens (tertiary/aromatic N) is 2. The molecule has 4 rings (SSSR count). The molecule has 5 nitrogen and oxygen atoms in total. The Hall–Kier alpha value is -2.27. The third-order valence-corrected chi connectivity index (χ3v) is 4.60. The number of hydrogen-bond acceptors (Lipinski definition) is 4. The van der Waals surface area contributed by atoms with Crippen molar-refractivity contribution in [1.29, 1.82) is 0 Å². The summed E-state index contributed by atoms with van der Waals surface area (Å²) in [6.45, 7) is 3.25. The van der Waals surface area contributed by atoms with Crippen molar-refractivity contribution in [2.75, 3.05) is 24.7 Å². The molecule has 1 aromatic heterocycles. The van der Waals surface area contributed by atoms with Gasteiger partial charge in [0.15, 0.2) is 0 Å². The summed E-state index contributed by atoms with van der Waals surface area (Å²) in [7, 11) is 0. The highest BCUT2D eigenvalue weighted by molar-refractivity contribution is 6.30. The van der Waals surface area contributed by atoms with Crippen molar-refractivity contribution in [2.45, 2.75) is 13.3 Å². The molecular weight excluding hydrogens is 328 g/mol. The van der Waals surface area contributed by atoms with Crippen LogP contribution < -0.4 is 14.4 Å². The van der Waals surface area contributed by atoms with Gasteiger partial charge >= 0.3 is 0 Å². The van der Waals surface area contributed by atoms with E-state index in [0.717, 1.165) is 22.7 Å². The molecule has 24 heavy (non-hydrogen) atoms. The van der Waals surface area contributed by atoms with Crippen LogP contribution in [-0.4, -0.2) is 30.6 Å². The number of aromatic nitrogens is 1. The number of hydrogen-bond donors (Lipinski definition) is 0. The fraction of sp³-hybridized carbons (Fsp3) is 0.333. The molecule has 2 aromatic rings. The van der Waals surface area contributed by atoms with Gasteiger partial charge in [0.05, 0.1) is 12.5 Å². The van der Waals surface area contributed by atoms with Crippen LogP contribution in [0.15, 0.2) is 30.3 Å². The molecule has 0 radical (unpaired) electrons. The van der Waals surface area contributed by atoms with Crippen LogP contribution in [0.5, 0.6) is 11.6 Å². The van der Waals surface area contributed by atoms with E-state index in [1.807, 2.05) is 31.2 Å². The summed E-state index contributed by atoms with van der Waals surface area (Å²) < 4.78 is 11.3. The average Bonchev–Trinajstić information content (AvgIpc) is 2.59. The maximum atomic E-state index is 13.0. The zero-order valence-electron chi connectivity index (χ0n) is 13.3. The van der Waals surface area contributed by atoms with Crippen LogP contribution in [0, 0.1) is 12.8 Å². The Morgan fingerprint density at radius 1 is 1.29 bits per heavy atom. The van der Waals surface area contributed by atoms with Crippen LogP contribution in [0.4, 0.5) is 5.69 Å². The Morgan fingerprint density at radius 2 is 2.17 bits per heavy atom. The molecule has 0 fully saturated rings. The number of anilines is 1. The number of pyridine rings is 1. The van der Waals surface area contributed by atoms with Crippen molar-refractivity contribution in [2.24, 2.45) is 5.92 Å². The largest absolute Gasteiger partial charge is 0.492 e. The predicted molar refractivity (Wildman–Crippen MR) is 91.0 cm³/mol. The molecule has 0 saturated carbocycles. The molecule has 0 aliphatic carbocycles. The number of ether oxygens (including phenoxy) is 2. The summed E-state index contributed by atoms with van der Waals surface area (Å²) in [4.78, 5) is 19.2. The van der Waals surface area contributed by atoms with Gasteiger partial charge in [-0.2, -0.15) is 0 Å². The molecule has 1 unspecified atom stereocenters. The highest BCUT2D eigenvalue weighted by atomic mass is 35.5. The van der Waals surface area contributed by atoms with E-state index in [0.29, 0.717) is 37.1 Å². The van der Waals surface area contributed by atoms with Gasteiger partial charge in [0.25, 0.3) is 0 Å². The van der Waals surface area contributed by atoms with Crippen molar-refractivity contribution in [3.05, 3.63) is 46.6 Å². The predicted octanol–water partition coefficient (Wildman–Crippen LogP) is 3.02. The van der Waals surface area contributed by atoms with E-state index in [4.69, 9.17) is 21.1 Å². The first-order valence-corrected chi connectivity index (χ1v) is 8.32. The molecule has 6 heteroatoms. The van der Waals surface area contributed by atoms with Crippen LogP contribution >= 0.6 is 11.6 Å². The third kappa shape index (κ3) is 2.69. The minimum absolute atomic E-state index is 0.0378. The van der Waals surface area contributed by atoms with Crippen molar-refractivity contribution >= 4 is 23.2 Å². The lowest BCUT2D eigenvalue weighted by Crippen LogP contribution is -2.44. The second kappa shape index (κ2) is 5.98. The van der Waals surface area contributed by atoms with E-state index in [1.54, 1.807) is 11.0 Å². The fourth-order valence-corrected chi connectivity index (χ4v) is 3.36. The summed E-state index contributed by atoms with van der Waals surface area (Å²) in [6.07, 6.45) is 0.626. The first-order valence-electron chi connectivity index (χ1n) is 7.95. The molecule has 1 atom stereocenters. The molecule has 124 valence electrons. The van der Waals surface area contributed by atoms with E-state index in [-0.39, 0.29) is 11.8 Å². The van der Waals surface area contributed by atoms with E-state index in [2.05, 4.69) is 4.98 Å². The van der Waals surface area contributed by atoms with Crippen molar-refractivity contribution in [3.8, 4) is 11.6 Å². The normalized spacial score (nSPS) is 18.9. The molecule has 3 heterocycles. The van der Waals surface area contributed by atoms with Gasteiger partial charge in [0.1, 0.15) is 24.7 Å². The number of carbonyl (C=O) groups is 1. The topological polar surface area (TPSA) is 51.7 Å². The fourth-order valence-electron chi connectivity index (χ4n) is 3.16. The molecule has 1 amide bonds. The lowest BCUT2D eigenvalue weighted by molar-refractivity contribution is -0.123. The Morgan fingerprint density at radius 3 is 3.04 bits per heavy atom. The molecule has 1 aromatic carbocycles. The zero-order valence-corrected chi connectivity index (χ0v) is 14.0. The lowest BCUT2D eigenvalue weighted by atomic mass is 9.95. The Bertz CT molecular complexity index is 809. The molecular formula is C18H17ClN2O3. The van der Waals surface area contributed by atoms with Gasteiger partial charge in [0, 0.05) is 10.7 Å². The smallest absolute Gasteiger partial charge is 0.238 e. The van der Waals surface area contributed by atoms with Gasteiger partial charge in [-0.15, -0.1) is 0 Å². The third-order valence-electron chi connectivity index (χ3n) is 4.37. The van der Waals surface area contributed by atoms with Crippen molar-refractivity contribution in [1.82, 2.24) is 4.98 Å². The van der Waals surface area contributed by atoms with Crippen LogP contribution in [-0.2, 0) is 11.2 Å². The Kier molecular flexibility index (Phi) is 3.81. The van der Waals surface area contributed by atoms with Gasteiger partial charge in [-0.3, -0.25) is 4.79 Å². The molecule has 2 aliphatic heterocycles. The number of carbonyl (C=O) groups excluding carboxylic acids is 1. The van der Waals surface area contributed by atoms with Crippen molar-refractivity contribution in [3.63, 3.8) is 0 Å². The Balaban J connectivity index is 1.59. The number of fused-ring (bicyclic) bond motifs is 2. The highest BCUT2D eigenvalue weighted by Crippen LogP contribution is 2.34. The van der Waals surface area contributed by atoms with Crippen LogP contribution in [0.3, 0.4) is 0 Å². The van der Waals surface area contributed by atoms with Crippen LogP contribution in [0.1, 0.15) is 11.3 Å². The average molecular weight is 345 g/mol. The van der Waals surface area contributed by atoms with Gasteiger partial charge in [-0.05, 0) is 49.2 Å². The summed E-state index contributed by atoms with van der Waals surface area (Å²) >= 11 is 6.06. The number of rotatable bonds is 1. The summed E-state index contributed by atoms with van der Waals surface area (Å²) in [6, 6.07) is 9.31. The van der Waals surface area contributed by atoms with Gasteiger partial charge < -0.3 is 14.4 Å². The summed E-state index contributed by atoms with van der Waals surface area (Å²) in [5.41, 5.74) is 2.57. The van der Waals surface area contributed by atoms with Crippen LogP contribution in [0.25, 0.3) is 0 Å². The zero-order chi connectivity index (χ0) is 16.7. The summed E-state index contributed by atoms with van der Waals surface area (Å²) in [5, 5.41) is 0.654. The number of aryl methyl sites for hydroxylation is 1. The molecule has 0 N–H and O–H groups in total. The molecule has 0 spiro atoms. The van der Waals surface area contributed by atoms with Crippen molar-refractivity contribution < 1.29 is 14.3 Å². The second-order valence-corrected chi connectivity index (χ2v) is 6.52.